The second-order valence-corrected chi connectivity index (χ2v) is 6.41. The average molecular weight is 357 g/mol. The van der Waals surface area contributed by atoms with E-state index in [0.717, 1.165) is 23.2 Å². The van der Waals surface area contributed by atoms with E-state index < -0.39 is 0 Å². The Kier molecular flexibility index (Phi) is 5.25. The molecule has 0 aliphatic heterocycles. The lowest BCUT2D eigenvalue weighted by atomic mass is 9.86. The summed E-state index contributed by atoms with van der Waals surface area (Å²) in [6.07, 6.45) is 1.96. The normalized spacial score (nSPS) is 15.9. The second-order valence-electron chi connectivity index (χ2n) is 6.41. The van der Waals surface area contributed by atoms with Crippen molar-refractivity contribution in [3.8, 4) is 11.5 Å². The van der Waals surface area contributed by atoms with E-state index >= 15 is 0 Å². The molecule has 1 aromatic heterocycles. The Morgan fingerprint density at radius 2 is 2.12 bits per heavy atom. The maximum atomic E-state index is 12.6. The molecule has 1 aliphatic rings. The minimum Gasteiger partial charge on any atom is -0.497 e. The number of fused-ring (bicyclic) bond motifs is 1. The smallest absolute Gasteiger partial charge is 0.266 e. The molecule has 1 N–H and O–H groups in total. The van der Waals surface area contributed by atoms with E-state index in [1.165, 1.54) is 4.68 Å². The molecule has 1 atom stereocenters. The number of methoxy groups -OCH3 is 2. The number of carbonyl (C=O) groups excluding carboxylic acids is 1. The first-order chi connectivity index (χ1) is 12.5. The first-order valence-electron chi connectivity index (χ1n) is 8.56. The number of ether oxygens (including phenoxy) is 2. The third kappa shape index (κ3) is 3.71. The van der Waals surface area contributed by atoms with E-state index in [4.69, 9.17) is 9.47 Å². The second kappa shape index (κ2) is 7.59. The number of hydrogen-bond donors (Lipinski definition) is 1. The molecular weight excluding hydrogens is 334 g/mol. The van der Waals surface area contributed by atoms with Gasteiger partial charge in [-0.3, -0.25) is 9.59 Å². The maximum Gasteiger partial charge on any atom is 0.266 e. The van der Waals surface area contributed by atoms with Crippen molar-refractivity contribution in [1.82, 2.24) is 15.1 Å². The number of nitrogens with one attached hydrogen (secondary N) is 1. The fraction of sp³-hybridized carbons (Fsp3) is 0.421. The maximum absolute atomic E-state index is 12.6. The lowest BCUT2D eigenvalue weighted by Crippen LogP contribution is -2.35. The molecule has 1 heterocycles. The molecule has 0 radical (unpaired) electrons. The van der Waals surface area contributed by atoms with Crippen LogP contribution in [-0.2, 0) is 31.2 Å². The highest BCUT2D eigenvalue weighted by Crippen LogP contribution is 2.25. The van der Waals surface area contributed by atoms with Gasteiger partial charge in [0.2, 0.25) is 5.91 Å². The van der Waals surface area contributed by atoms with Gasteiger partial charge in [-0.05, 0) is 43.0 Å². The van der Waals surface area contributed by atoms with Crippen LogP contribution in [0.15, 0.2) is 29.1 Å². The highest BCUT2D eigenvalue weighted by atomic mass is 16.5. The van der Waals surface area contributed by atoms with Crippen molar-refractivity contribution < 1.29 is 14.3 Å². The molecule has 2 aromatic rings. The predicted molar refractivity (Wildman–Crippen MR) is 96.4 cm³/mol. The first-order valence-corrected chi connectivity index (χ1v) is 8.56. The largest absolute Gasteiger partial charge is 0.497 e. The van der Waals surface area contributed by atoms with Crippen LogP contribution in [0, 0.1) is 5.92 Å². The van der Waals surface area contributed by atoms with Gasteiger partial charge in [-0.2, -0.15) is 5.10 Å². The lowest BCUT2D eigenvalue weighted by Gasteiger charge is -2.23. The van der Waals surface area contributed by atoms with Crippen molar-refractivity contribution in [3.63, 3.8) is 0 Å². The average Bonchev–Trinajstić information content (AvgIpc) is 2.66. The van der Waals surface area contributed by atoms with Crippen LogP contribution in [0.5, 0.6) is 11.5 Å². The number of carbonyl (C=O) groups is 1. The summed E-state index contributed by atoms with van der Waals surface area (Å²) in [7, 11) is 4.84. The fourth-order valence-corrected chi connectivity index (χ4v) is 3.26. The molecule has 3 rings (SSSR count). The topological polar surface area (TPSA) is 82.4 Å². The molecule has 7 nitrogen and oxygen atoms in total. The van der Waals surface area contributed by atoms with E-state index in [2.05, 4.69) is 10.4 Å². The molecular formula is C19H23N3O4. The number of hydrogen-bond acceptors (Lipinski definition) is 5. The van der Waals surface area contributed by atoms with Gasteiger partial charge in [0.1, 0.15) is 11.5 Å². The van der Waals surface area contributed by atoms with Gasteiger partial charge in [0.05, 0.1) is 19.9 Å². The molecule has 0 saturated heterocycles. The van der Waals surface area contributed by atoms with E-state index in [1.807, 2.05) is 18.2 Å². The molecule has 1 amide bonds. The fourth-order valence-electron chi connectivity index (χ4n) is 3.26. The van der Waals surface area contributed by atoms with Crippen LogP contribution in [0.3, 0.4) is 0 Å². The summed E-state index contributed by atoms with van der Waals surface area (Å²) >= 11 is 0. The molecule has 1 unspecified atom stereocenters. The lowest BCUT2D eigenvalue weighted by molar-refractivity contribution is -0.125. The summed E-state index contributed by atoms with van der Waals surface area (Å²) in [5.74, 6) is 1.23. The Bertz CT molecular complexity index is 876. The molecule has 0 saturated carbocycles. The summed E-state index contributed by atoms with van der Waals surface area (Å²) < 4.78 is 11.9. The van der Waals surface area contributed by atoms with Crippen molar-refractivity contribution in [1.29, 1.82) is 0 Å². The van der Waals surface area contributed by atoms with Crippen LogP contribution in [-0.4, -0.2) is 29.9 Å². The van der Waals surface area contributed by atoms with Crippen molar-refractivity contribution in [2.24, 2.45) is 13.0 Å². The Balaban J connectivity index is 1.68. The number of aromatic nitrogens is 2. The van der Waals surface area contributed by atoms with Gasteiger partial charge in [0, 0.05) is 31.1 Å². The van der Waals surface area contributed by atoms with E-state index in [-0.39, 0.29) is 17.4 Å². The van der Waals surface area contributed by atoms with Crippen LogP contribution < -0.4 is 20.3 Å². The number of nitrogens with zero attached hydrogens (tertiary/aromatic N) is 2. The van der Waals surface area contributed by atoms with Gasteiger partial charge >= 0.3 is 0 Å². The summed E-state index contributed by atoms with van der Waals surface area (Å²) in [4.78, 5) is 24.4. The van der Waals surface area contributed by atoms with Gasteiger partial charge in [-0.25, -0.2) is 4.68 Å². The summed E-state index contributed by atoms with van der Waals surface area (Å²) in [6, 6.07) is 7.07. The summed E-state index contributed by atoms with van der Waals surface area (Å²) in [5.41, 5.74) is 2.49. The van der Waals surface area contributed by atoms with Crippen LogP contribution in [0.2, 0.25) is 0 Å². The molecule has 1 aliphatic carbocycles. The third-order valence-electron chi connectivity index (χ3n) is 4.77. The number of rotatable bonds is 5. The van der Waals surface area contributed by atoms with Gasteiger partial charge < -0.3 is 14.8 Å². The molecule has 26 heavy (non-hydrogen) atoms. The minimum atomic E-state index is -0.159. The van der Waals surface area contributed by atoms with E-state index in [1.54, 1.807) is 27.3 Å². The van der Waals surface area contributed by atoms with Crippen LogP contribution in [0.25, 0.3) is 0 Å². The van der Waals surface area contributed by atoms with Gasteiger partial charge in [0.25, 0.3) is 5.56 Å². The Morgan fingerprint density at radius 1 is 1.31 bits per heavy atom. The zero-order valence-electron chi connectivity index (χ0n) is 15.2. The van der Waals surface area contributed by atoms with Crippen molar-refractivity contribution >= 4 is 5.91 Å². The van der Waals surface area contributed by atoms with Crippen LogP contribution in [0.4, 0.5) is 0 Å². The SMILES string of the molecule is COc1ccc(OC)c(CNC(=O)C2CCc3nn(C)c(=O)cc3C2)c1. The highest BCUT2D eigenvalue weighted by molar-refractivity contribution is 5.79. The zero-order valence-corrected chi connectivity index (χ0v) is 15.2. The monoisotopic (exact) mass is 357 g/mol. The van der Waals surface area contributed by atoms with Crippen LogP contribution >= 0.6 is 0 Å². The van der Waals surface area contributed by atoms with Crippen LogP contribution in [0.1, 0.15) is 23.2 Å². The van der Waals surface area contributed by atoms with E-state index in [0.29, 0.717) is 30.9 Å². The third-order valence-corrected chi connectivity index (χ3v) is 4.77. The number of benzene rings is 1. The quantitative estimate of drug-likeness (QED) is 0.870. The number of aryl methyl sites for hydroxylation is 2. The summed E-state index contributed by atoms with van der Waals surface area (Å²) in [6.45, 7) is 0.359. The van der Waals surface area contributed by atoms with Crippen molar-refractivity contribution in [2.45, 2.75) is 25.8 Å². The zero-order chi connectivity index (χ0) is 18.7. The Morgan fingerprint density at radius 3 is 2.85 bits per heavy atom. The Hall–Kier alpha value is -2.83. The van der Waals surface area contributed by atoms with Gasteiger partial charge in [-0.15, -0.1) is 0 Å². The number of amides is 1. The predicted octanol–water partition coefficient (Wildman–Crippen LogP) is 1.22. The van der Waals surface area contributed by atoms with Crippen molar-refractivity contribution in [3.05, 3.63) is 51.4 Å². The minimum absolute atomic E-state index is 0.0267. The summed E-state index contributed by atoms with van der Waals surface area (Å²) in [5, 5.41) is 7.26. The molecule has 0 bridgehead atoms. The van der Waals surface area contributed by atoms with Gasteiger partial charge in [-0.1, -0.05) is 0 Å². The van der Waals surface area contributed by atoms with E-state index in [9.17, 15) is 9.59 Å². The molecule has 0 fully saturated rings. The molecule has 0 spiro atoms. The Labute approximate surface area is 151 Å². The first kappa shape index (κ1) is 18.0. The molecule has 1 aromatic carbocycles. The van der Waals surface area contributed by atoms with Gasteiger partial charge in [0.15, 0.2) is 0 Å². The molecule has 7 heteroatoms. The highest BCUT2D eigenvalue weighted by Gasteiger charge is 2.26. The standard InChI is InChI=1S/C19H23N3O4/c1-22-18(23)10-13-8-12(4-6-16(13)21-22)19(24)20-11-14-9-15(25-2)5-7-17(14)26-3/h5,7,9-10,12H,4,6,8,11H2,1-3H3,(H,20,24). The molecule has 138 valence electrons. The van der Waals surface area contributed by atoms with Crippen molar-refractivity contribution in [2.75, 3.05) is 14.2 Å².